The Kier molecular flexibility index (Phi) is 7.83. The van der Waals surface area contributed by atoms with Gasteiger partial charge in [-0.3, -0.25) is 13.9 Å². The number of benzene rings is 3. The average Bonchev–Trinajstić information content (AvgIpc) is 2.79. The molecule has 0 bridgehead atoms. The van der Waals surface area contributed by atoms with Gasteiger partial charge in [-0.05, 0) is 72.5 Å². The van der Waals surface area contributed by atoms with Crippen LogP contribution in [0.5, 0.6) is 0 Å². The first kappa shape index (κ1) is 26.9. The van der Waals surface area contributed by atoms with E-state index in [1.54, 1.807) is 36.4 Å². The zero-order valence-electron chi connectivity index (χ0n) is 20.9. The van der Waals surface area contributed by atoms with E-state index in [1.807, 2.05) is 12.1 Å². The highest BCUT2D eigenvalue weighted by molar-refractivity contribution is 7.92. The molecule has 36 heavy (non-hydrogen) atoms. The fourth-order valence-electron chi connectivity index (χ4n) is 3.64. The van der Waals surface area contributed by atoms with Crippen LogP contribution >= 0.6 is 0 Å². The topological polar surface area (TPSA) is 95.6 Å². The quantitative estimate of drug-likeness (QED) is 0.458. The Bertz CT molecular complexity index is 1350. The van der Waals surface area contributed by atoms with Gasteiger partial charge in [0.05, 0.1) is 11.9 Å². The minimum atomic E-state index is -3.84. The number of halogens is 1. The summed E-state index contributed by atoms with van der Waals surface area (Å²) in [5, 5.41) is 5.49. The molecule has 0 saturated carbocycles. The number of carbonyl (C=O) groups excluding carboxylic acids is 2. The van der Waals surface area contributed by atoms with Gasteiger partial charge in [-0.15, -0.1) is 0 Å². The molecular weight excluding hydrogens is 481 g/mol. The number of hydrogen-bond donors (Lipinski definition) is 2. The van der Waals surface area contributed by atoms with Crippen LogP contribution in [0.3, 0.4) is 0 Å². The molecule has 0 saturated heterocycles. The summed E-state index contributed by atoms with van der Waals surface area (Å²) in [6.45, 7) is 7.72. The van der Waals surface area contributed by atoms with E-state index in [0.29, 0.717) is 16.9 Å². The summed E-state index contributed by atoms with van der Waals surface area (Å²) in [6, 6.07) is 17.6. The lowest BCUT2D eigenvalue weighted by Crippen LogP contribution is -2.45. The van der Waals surface area contributed by atoms with Crippen molar-refractivity contribution in [2.24, 2.45) is 0 Å². The van der Waals surface area contributed by atoms with Crippen molar-refractivity contribution >= 4 is 38.9 Å². The Morgan fingerprint density at radius 1 is 0.889 bits per heavy atom. The van der Waals surface area contributed by atoms with Crippen molar-refractivity contribution in [1.29, 1.82) is 0 Å². The molecule has 0 spiro atoms. The molecule has 2 N–H and O–H groups in total. The summed E-state index contributed by atoms with van der Waals surface area (Å²) in [6.07, 6.45) is 0.977. The van der Waals surface area contributed by atoms with Crippen LogP contribution in [-0.4, -0.2) is 32.5 Å². The van der Waals surface area contributed by atoms with Gasteiger partial charge in [0.15, 0.2) is 0 Å². The van der Waals surface area contributed by atoms with E-state index in [2.05, 4.69) is 31.4 Å². The monoisotopic (exact) mass is 511 g/mol. The molecule has 0 aromatic heterocycles. The Hall–Kier alpha value is -3.72. The lowest BCUT2D eigenvalue weighted by atomic mass is 9.87. The molecule has 3 aromatic carbocycles. The van der Waals surface area contributed by atoms with E-state index in [0.717, 1.165) is 28.3 Å². The number of hydrogen-bond acceptors (Lipinski definition) is 4. The second-order valence-electron chi connectivity index (χ2n) is 9.56. The maximum absolute atomic E-state index is 13.3. The van der Waals surface area contributed by atoms with Gasteiger partial charge in [0.2, 0.25) is 15.9 Å². The van der Waals surface area contributed by atoms with E-state index in [9.17, 15) is 22.4 Å². The third kappa shape index (κ3) is 6.69. The van der Waals surface area contributed by atoms with Gasteiger partial charge in [-0.1, -0.05) is 39.0 Å². The van der Waals surface area contributed by atoms with Gasteiger partial charge in [0.25, 0.3) is 5.91 Å². The van der Waals surface area contributed by atoms with Crippen LogP contribution in [0.1, 0.15) is 43.6 Å². The van der Waals surface area contributed by atoms with Crippen LogP contribution in [0.25, 0.3) is 0 Å². The van der Waals surface area contributed by atoms with Gasteiger partial charge in [-0.25, -0.2) is 12.8 Å². The number of nitrogens with one attached hydrogen (secondary N) is 2. The summed E-state index contributed by atoms with van der Waals surface area (Å²) >= 11 is 0. The number of amides is 2. The standard InChI is InChI=1S/C27H30FN3O4S/c1-18(31(36(5,34)35)24-15-13-21(28)14-16-24)25(32)29-22-7-6-8-23(17-22)30-26(33)19-9-11-20(12-10-19)27(2,3)4/h6-18H,1-5H3,(H,29,32)(H,30,33)/t18-/m1/s1. The molecule has 190 valence electrons. The largest absolute Gasteiger partial charge is 0.324 e. The smallest absolute Gasteiger partial charge is 0.255 e. The third-order valence-corrected chi connectivity index (χ3v) is 6.81. The summed E-state index contributed by atoms with van der Waals surface area (Å²) in [4.78, 5) is 25.6. The number of sulfonamides is 1. The lowest BCUT2D eigenvalue weighted by molar-refractivity contribution is -0.116. The zero-order valence-corrected chi connectivity index (χ0v) is 21.7. The van der Waals surface area contributed by atoms with Gasteiger partial charge in [0.1, 0.15) is 11.9 Å². The first-order chi connectivity index (χ1) is 16.8. The second-order valence-corrected chi connectivity index (χ2v) is 11.4. The molecule has 3 aromatic rings. The predicted molar refractivity (Wildman–Crippen MR) is 141 cm³/mol. The zero-order chi connectivity index (χ0) is 26.7. The Labute approximate surface area is 211 Å². The van der Waals surface area contributed by atoms with Crippen molar-refractivity contribution < 1.29 is 22.4 Å². The van der Waals surface area contributed by atoms with Crippen molar-refractivity contribution in [3.63, 3.8) is 0 Å². The maximum atomic E-state index is 13.3. The molecule has 0 aliphatic heterocycles. The fraction of sp³-hybridized carbons (Fsp3) is 0.259. The molecular formula is C27H30FN3O4S. The van der Waals surface area contributed by atoms with E-state index < -0.39 is 27.8 Å². The van der Waals surface area contributed by atoms with E-state index in [-0.39, 0.29) is 17.0 Å². The lowest BCUT2D eigenvalue weighted by Gasteiger charge is -2.28. The van der Waals surface area contributed by atoms with Crippen LogP contribution < -0.4 is 14.9 Å². The summed E-state index contributed by atoms with van der Waals surface area (Å²) in [7, 11) is -3.84. The number of nitrogens with zero attached hydrogens (tertiary/aromatic N) is 1. The van der Waals surface area contributed by atoms with Crippen molar-refractivity contribution in [2.45, 2.75) is 39.2 Å². The Morgan fingerprint density at radius 2 is 1.44 bits per heavy atom. The molecule has 3 rings (SSSR count). The van der Waals surface area contributed by atoms with Crippen molar-refractivity contribution in [2.75, 3.05) is 21.2 Å². The average molecular weight is 512 g/mol. The molecule has 0 heterocycles. The second kappa shape index (κ2) is 10.5. The summed E-state index contributed by atoms with van der Waals surface area (Å²) in [5.74, 6) is -1.41. The number of carbonyl (C=O) groups is 2. The summed E-state index contributed by atoms with van der Waals surface area (Å²) in [5.41, 5.74) is 2.59. The molecule has 7 nitrogen and oxygen atoms in total. The van der Waals surface area contributed by atoms with E-state index in [1.165, 1.54) is 19.1 Å². The molecule has 9 heteroatoms. The molecule has 0 aliphatic rings. The van der Waals surface area contributed by atoms with Crippen LogP contribution in [0.4, 0.5) is 21.5 Å². The molecule has 0 aliphatic carbocycles. The van der Waals surface area contributed by atoms with Gasteiger partial charge < -0.3 is 10.6 Å². The predicted octanol–water partition coefficient (Wildman–Crippen LogP) is 5.17. The fourth-order valence-corrected chi connectivity index (χ4v) is 4.82. The normalized spacial score (nSPS) is 12.5. The minimum absolute atomic E-state index is 0.0257. The van der Waals surface area contributed by atoms with Crippen LogP contribution in [0, 0.1) is 5.82 Å². The van der Waals surface area contributed by atoms with Crippen LogP contribution in [-0.2, 0) is 20.2 Å². The van der Waals surface area contributed by atoms with Crippen molar-refractivity contribution in [3.05, 3.63) is 89.7 Å². The van der Waals surface area contributed by atoms with E-state index in [4.69, 9.17) is 0 Å². The Morgan fingerprint density at radius 3 is 1.97 bits per heavy atom. The molecule has 0 radical (unpaired) electrons. The van der Waals surface area contributed by atoms with Crippen LogP contribution in [0.2, 0.25) is 0 Å². The maximum Gasteiger partial charge on any atom is 0.255 e. The first-order valence-electron chi connectivity index (χ1n) is 11.3. The van der Waals surface area contributed by atoms with Gasteiger partial charge in [0, 0.05) is 16.9 Å². The molecule has 1 atom stereocenters. The Balaban J connectivity index is 1.73. The molecule has 0 fully saturated rings. The highest BCUT2D eigenvalue weighted by Gasteiger charge is 2.29. The van der Waals surface area contributed by atoms with Crippen LogP contribution in [0.15, 0.2) is 72.8 Å². The third-order valence-electron chi connectivity index (χ3n) is 5.57. The van der Waals surface area contributed by atoms with Gasteiger partial charge in [-0.2, -0.15) is 0 Å². The van der Waals surface area contributed by atoms with Gasteiger partial charge >= 0.3 is 0 Å². The molecule has 0 unspecified atom stereocenters. The van der Waals surface area contributed by atoms with E-state index >= 15 is 0 Å². The highest BCUT2D eigenvalue weighted by Crippen LogP contribution is 2.24. The number of anilines is 3. The first-order valence-corrected chi connectivity index (χ1v) is 13.2. The number of rotatable bonds is 7. The summed E-state index contributed by atoms with van der Waals surface area (Å²) < 4.78 is 39.1. The minimum Gasteiger partial charge on any atom is -0.324 e. The van der Waals surface area contributed by atoms with Crippen molar-refractivity contribution in [3.8, 4) is 0 Å². The van der Waals surface area contributed by atoms with Crippen molar-refractivity contribution in [1.82, 2.24) is 0 Å². The highest BCUT2D eigenvalue weighted by atomic mass is 32.2. The SMILES string of the molecule is C[C@H](C(=O)Nc1cccc(NC(=O)c2ccc(C(C)(C)C)cc2)c1)N(c1ccc(F)cc1)S(C)(=O)=O. The molecule has 2 amide bonds.